The third-order valence-corrected chi connectivity index (χ3v) is 4.60. The Morgan fingerprint density at radius 2 is 1.72 bits per heavy atom. The Labute approximate surface area is 118 Å². The van der Waals surface area contributed by atoms with Crippen molar-refractivity contribution in [1.82, 2.24) is 0 Å². The first-order valence-corrected chi connectivity index (χ1v) is 7.27. The van der Waals surface area contributed by atoms with Gasteiger partial charge in [-0.15, -0.1) is 11.3 Å². The number of halogens is 1. The first kappa shape index (κ1) is 11.9. The first-order valence-electron chi connectivity index (χ1n) is 5.66. The second-order valence-electron chi connectivity index (χ2n) is 4.14. The van der Waals surface area contributed by atoms with E-state index in [1.54, 1.807) is 11.3 Å². The molecule has 1 heterocycles. The molecule has 2 aromatic carbocycles. The standard InChI is InChI=1S/C15H11BrOS/c16-12-7-5-10(6-8-12)15(17)14-9-11-3-1-2-4-13(11)18-14/h1-9,15,17H. The lowest BCUT2D eigenvalue weighted by atomic mass is 10.1. The van der Waals surface area contributed by atoms with Crippen LogP contribution in [0, 0.1) is 0 Å². The van der Waals surface area contributed by atoms with Crippen molar-refractivity contribution < 1.29 is 5.11 Å². The number of hydrogen-bond acceptors (Lipinski definition) is 2. The normalized spacial score (nSPS) is 12.8. The van der Waals surface area contributed by atoms with E-state index in [4.69, 9.17) is 0 Å². The number of fused-ring (bicyclic) bond motifs is 1. The van der Waals surface area contributed by atoms with Gasteiger partial charge < -0.3 is 5.11 Å². The van der Waals surface area contributed by atoms with Crippen LogP contribution in [0.3, 0.4) is 0 Å². The molecule has 1 atom stereocenters. The average molecular weight is 319 g/mol. The molecule has 1 nitrogen and oxygen atoms in total. The van der Waals surface area contributed by atoms with Gasteiger partial charge in [-0.3, -0.25) is 0 Å². The van der Waals surface area contributed by atoms with Crippen molar-refractivity contribution in [2.24, 2.45) is 0 Å². The molecule has 1 unspecified atom stereocenters. The van der Waals surface area contributed by atoms with Crippen molar-refractivity contribution in [2.75, 3.05) is 0 Å². The summed E-state index contributed by atoms with van der Waals surface area (Å²) in [6, 6.07) is 18.0. The average Bonchev–Trinajstić information content (AvgIpc) is 2.82. The summed E-state index contributed by atoms with van der Waals surface area (Å²) in [5.41, 5.74) is 0.921. The second kappa shape index (κ2) is 4.84. The molecule has 0 bridgehead atoms. The number of rotatable bonds is 2. The molecule has 3 heteroatoms. The van der Waals surface area contributed by atoms with Crippen LogP contribution in [0.1, 0.15) is 16.5 Å². The van der Waals surface area contributed by atoms with Gasteiger partial charge in [-0.2, -0.15) is 0 Å². The second-order valence-corrected chi connectivity index (χ2v) is 6.17. The van der Waals surface area contributed by atoms with Crippen molar-refractivity contribution in [1.29, 1.82) is 0 Å². The maximum Gasteiger partial charge on any atom is 0.113 e. The number of thiophene rings is 1. The lowest BCUT2D eigenvalue weighted by Crippen LogP contribution is -1.96. The van der Waals surface area contributed by atoms with Gasteiger partial charge in [-0.05, 0) is 35.2 Å². The predicted octanol–water partition coefficient (Wildman–Crippen LogP) is 4.75. The van der Waals surface area contributed by atoms with Crippen molar-refractivity contribution >= 4 is 37.4 Å². The molecule has 0 aliphatic heterocycles. The highest BCUT2D eigenvalue weighted by molar-refractivity contribution is 9.10. The van der Waals surface area contributed by atoms with E-state index in [2.05, 4.69) is 34.1 Å². The number of hydrogen-bond donors (Lipinski definition) is 1. The molecule has 0 radical (unpaired) electrons. The van der Waals surface area contributed by atoms with E-state index in [-0.39, 0.29) is 0 Å². The van der Waals surface area contributed by atoms with E-state index in [1.807, 2.05) is 36.4 Å². The molecule has 0 amide bonds. The molecule has 0 aliphatic carbocycles. The Bertz CT molecular complexity index is 639. The van der Waals surface area contributed by atoms with Crippen LogP contribution in [0.4, 0.5) is 0 Å². The summed E-state index contributed by atoms with van der Waals surface area (Å²) < 4.78 is 2.23. The van der Waals surface area contributed by atoms with Crippen LogP contribution in [0.25, 0.3) is 10.1 Å². The third kappa shape index (κ3) is 2.21. The lowest BCUT2D eigenvalue weighted by Gasteiger charge is -2.08. The van der Waals surface area contributed by atoms with Crippen molar-refractivity contribution in [3.8, 4) is 0 Å². The van der Waals surface area contributed by atoms with Crippen LogP contribution in [0.15, 0.2) is 59.1 Å². The topological polar surface area (TPSA) is 20.2 Å². The van der Waals surface area contributed by atoms with Gasteiger partial charge in [0.2, 0.25) is 0 Å². The number of aliphatic hydroxyl groups is 1. The summed E-state index contributed by atoms with van der Waals surface area (Å²) in [4.78, 5) is 0.985. The Kier molecular flexibility index (Phi) is 3.20. The van der Waals surface area contributed by atoms with Crippen LogP contribution >= 0.6 is 27.3 Å². The summed E-state index contributed by atoms with van der Waals surface area (Å²) in [7, 11) is 0. The van der Waals surface area contributed by atoms with Gasteiger partial charge >= 0.3 is 0 Å². The summed E-state index contributed by atoms with van der Waals surface area (Å²) in [5, 5.41) is 11.6. The van der Waals surface area contributed by atoms with Gasteiger partial charge in [0, 0.05) is 14.0 Å². The number of benzene rings is 2. The Morgan fingerprint density at radius 1 is 1.00 bits per heavy atom. The molecule has 3 aromatic rings. The fourth-order valence-corrected chi connectivity index (χ4v) is 3.29. The molecule has 0 fully saturated rings. The minimum atomic E-state index is -0.546. The van der Waals surface area contributed by atoms with Crippen molar-refractivity contribution in [3.05, 3.63) is 69.5 Å². The summed E-state index contributed by atoms with van der Waals surface area (Å²) in [6.07, 6.45) is -0.546. The monoisotopic (exact) mass is 318 g/mol. The third-order valence-electron chi connectivity index (χ3n) is 2.90. The van der Waals surface area contributed by atoms with E-state index in [9.17, 15) is 5.11 Å². The van der Waals surface area contributed by atoms with Crippen LogP contribution in [-0.2, 0) is 0 Å². The Balaban J connectivity index is 2.00. The van der Waals surface area contributed by atoms with Gasteiger partial charge in [-0.1, -0.05) is 46.3 Å². The molecule has 0 spiro atoms. The van der Waals surface area contributed by atoms with Gasteiger partial charge in [0.15, 0.2) is 0 Å². The van der Waals surface area contributed by atoms with Gasteiger partial charge in [0.25, 0.3) is 0 Å². The van der Waals surface area contributed by atoms with Gasteiger partial charge in [-0.25, -0.2) is 0 Å². The molecule has 1 aromatic heterocycles. The largest absolute Gasteiger partial charge is 0.383 e. The highest BCUT2D eigenvalue weighted by atomic mass is 79.9. The van der Waals surface area contributed by atoms with Crippen LogP contribution in [0.2, 0.25) is 0 Å². The zero-order valence-electron chi connectivity index (χ0n) is 9.51. The molecule has 0 aliphatic rings. The lowest BCUT2D eigenvalue weighted by molar-refractivity contribution is 0.224. The highest BCUT2D eigenvalue weighted by Gasteiger charge is 2.13. The number of aliphatic hydroxyl groups excluding tert-OH is 1. The van der Waals surface area contributed by atoms with Crippen LogP contribution < -0.4 is 0 Å². The van der Waals surface area contributed by atoms with E-state index < -0.39 is 6.10 Å². The fraction of sp³-hybridized carbons (Fsp3) is 0.0667. The summed E-state index contributed by atoms with van der Waals surface area (Å²) in [6.45, 7) is 0. The zero-order valence-corrected chi connectivity index (χ0v) is 11.9. The molecule has 1 N–H and O–H groups in total. The SMILES string of the molecule is OC(c1ccc(Br)cc1)c1cc2ccccc2s1. The minimum Gasteiger partial charge on any atom is -0.383 e. The Hall–Kier alpha value is -1.16. The Morgan fingerprint density at radius 3 is 2.44 bits per heavy atom. The van der Waals surface area contributed by atoms with Gasteiger partial charge in [0.1, 0.15) is 6.10 Å². The molecular formula is C15H11BrOS. The van der Waals surface area contributed by atoms with E-state index >= 15 is 0 Å². The predicted molar refractivity (Wildman–Crippen MR) is 80.0 cm³/mol. The van der Waals surface area contributed by atoms with E-state index in [0.29, 0.717) is 0 Å². The maximum absolute atomic E-state index is 10.4. The van der Waals surface area contributed by atoms with Crippen LogP contribution in [0.5, 0.6) is 0 Å². The molecule has 0 saturated heterocycles. The first-order chi connectivity index (χ1) is 8.74. The maximum atomic E-state index is 10.4. The van der Waals surface area contributed by atoms with Crippen LogP contribution in [-0.4, -0.2) is 5.11 Å². The smallest absolute Gasteiger partial charge is 0.113 e. The van der Waals surface area contributed by atoms with Gasteiger partial charge in [0.05, 0.1) is 0 Å². The summed E-state index contributed by atoms with van der Waals surface area (Å²) >= 11 is 5.04. The van der Waals surface area contributed by atoms with Crippen molar-refractivity contribution in [3.63, 3.8) is 0 Å². The van der Waals surface area contributed by atoms with Crippen molar-refractivity contribution in [2.45, 2.75) is 6.10 Å². The highest BCUT2D eigenvalue weighted by Crippen LogP contribution is 2.33. The fourth-order valence-electron chi connectivity index (χ4n) is 1.95. The van der Waals surface area contributed by atoms with E-state index in [1.165, 1.54) is 10.1 Å². The summed E-state index contributed by atoms with van der Waals surface area (Å²) in [5.74, 6) is 0. The van der Waals surface area contributed by atoms with E-state index in [0.717, 1.165) is 14.9 Å². The molecule has 0 saturated carbocycles. The molecule has 90 valence electrons. The zero-order chi connectivity index (χ0) is 12.5. The minimum absolute atomic E-state index is 0.546. The molecular weight excluding hydrogens is 308 g/mol. The quantitative estimate of drug-likeness (QED) is 0.723. The molecule has 18 heavy (non-hydrogen) atoms. The molecule has 3 rings (SSSR count).